The smallest absolute Gasteiger partial charge is 0.318 e. The zero-order valence-corrected chi connectivity index (χ0v) is 54.3. The summed E-state index contributed by atoms with van der Waals surface area (Å²) in [6, 6.07) is 10.4. The number of benzene rings is 1. The fourth-order valence-electron chi connectivity index (χ4n) is 12.8. The highest BCUT2D eigenvalue weighted by Gasteiger charge is 2.48. The molecule has 0 spiro atoms. The van der Waals surface area contributed by atoms with Crippen molar-refractivity contribution >= 4 is 33.9 Å². The van der Waals surface area contributed by atoms with Crippen LogP contribution in [-0.4, -0.2) is 61.1 Å². The molecule has 9 nitrogen and oxygen atoms in total. The van der Waals surface area contributed by atoms with E-state index in [1.807, 2.05) is 38.1 Å². The zero-order valence-electron chi connectivity index (χ0n) is 53.5. The minimum Gasteiger partial charge on any atom is -0.469 e. The number of fused-ring (bicyclic) bond motifs is 1. The Balaban J connectivity index is 2.40. The minimum atomic E-state index is -1.56. The molecule has 10 unspecified atom stereocenters. The number of esters is 4. The Labute approximate surface area is 468 Å². The molecule has 0 amide bonds. The molecule has 0 saturated heterocycles. The maximum Gasteiger partial charge on any atom is 0.318 e. The summed E-state index contributed by atoms with van der Waals surface area (Å²) in [4.78, 5) is 55.9. The molecule has 1 aliphatic rings. The van der Waals surface area contributed by atoms with Gasteiger partial charge >= 0.3 is 23.9 Å². The maximum absolute atomic E-state index is 14.6. The SMILES string of the molecule is CCC(C)(C)C(CC(C)(C)CCC(CC(C)C)S(C)(C)C(C)C(=O)O[C@H]1c2ccccc2[C@H]1OC(=O)C(C)CC(CC(C(C)(C)C)C(C)(C)CC(C(=O)OC)C(C)C(C)CC(C#N)C(C)(C)C)CC(C)(C)C)C(=O)OC. The number of hydrogen-bond donors (Lipinski definition) is 0. The van der Waals surface area contributed by atoms with Gasteiger partial charge < -0.3 is 18.9 Å². The van der Waals surface area contributed by atoms with Crippen LogP contribution in [0.4, 0.5) is 0 Å². The lowest BCUT2D eigenvalue weighted by Gasteiger charge is -2.47. The monoisotopic (exact) mass is 1080 g/mol. The van der Waals surface area contributed by atoms with Gasteiger partial charge in [-0.1, -0.05) is 176 Å². The first-order valence-corrected chi connectivity index (χ1v) is 31.8. The van der Waals surface area contributed by atoms with Gasteiger partial charge in [-0.25, -0.2) is 10.0 Å². The fourth-order valence-corrected chi connectivity index (χ4v) is 15.5. The van der Waals surface area contributed by atoms with Crippen molar-refractivity contribution in [3.63, 3.8) is 0 Å². The molecule has 0 fully saturated rings. The van der Waals surface area contributed by atoms with E-state index in [4.69, 9.17) is 18.9 Å². The molecule has 0 radical (unpaired) electrons. The predicted molar refractivity (Wildman–Crippen MR) is 318 cm³/mol. The van der Waals surface area contributed by atoms with Gasteiger partial charge in [-0.15, -0.1) is 0 Å². The number of rotatable bonds is 29. The van der Waals surface area contributed by atoms with E-state index in [2.05, 4.69) is 157 Å². The lowest BCUT2D eigenvalue weighted by atomic mass is 9.57. The van der Waals surface area contributed by atoms with E-state index < -0.39 is 28.2 Å². The van der Waals surface area contributed by atoms with Gasteiger partial charge in [0.15, 0.2) is 12.2 Å². The van der Waals surface area contributed by atoms with Crippen LogP contribution in [0.3, 0.4) is 0 Å². The van der Waals surface area contributed by atoms with Crippen LogP contribution in [0.2, 0.25) is 0 Å². The Hall–Kier alpha value is -3.06. The molecule has 2 rings (SSSR count). The number of carbonyl (C=O) groups excluding carboxylic acids is 4. The summed E-state index contributed by atoms with van der Waals surface area (Å²) in [5.74, 6) is -1.04. The number of nitrogens with zero attached hydrogens (tertiary/aromatic N) is 1. The quantitative estimate of drug-likeness (QED) is 0.0569. The van der Waals surface area contributed by atoms with Gasteiger partial charge in [-0.3, -0.25) is 19.2 Å². The van der Waals surface area contributed by atoms with Crippen molar-refractivity contribution in [2.45, 2.75) is 239 Å². The van der Waals surface area contributed by atoms with Crippen molar-refractivity contribution < 1.29 is 38.1 Å². The summed E-state index contributed by atoms with van der Waals surface area (Å²) < 4.78 is 23.8. The topological polar surface area (TPSA) is 129 Å². The summed E-state index contributed by atoms with van der Waals surface area (Å²) in [5.41, 5.74) is 0.875. The highest BCUT2D eigenvalue weighted by Crippen LogP contribution is 2.57. The Kier molecular flexibility index (Phi) is 24.9. The Morgan fingerprint density at radius 1 is 0.645 bits per heavy atom. The number of carbonyl (C=O) groups is 4. The second-order valence-electron chi connectivity index (χ2n) is 30.4. The molecule has 0 bridgehead atoms. The number of hydrogen-bond acceptors (Lipinski definition) is 9. The third kappa shape index (κ3) is 19.3. The standard InChI is InChI=1S/C66H115NO8S/c1-27-65(19,20)53(60(71)73-24)40-64(17,18)33-32-49(34-42(2)3)76(25,26)46(7)58(69)75-56-51-31-29-28-30-50(51)55(56)74-57(68)44(5)35-47(38-61(8,9)10)37-54(63(14,15)16)66(21,22)39-52(59(70)72-23)45(6)43(4)36-48(41-67)62(11,12)13/h28-31,42-49,52-56H,27,32-40H2,1-26H3/t43?,44?,45?,46?,47?,48?,49?,52?,53?,54?,55-,56+/m1/s1. The fraction of sp³-hybridized carbons (Fsp3) is 0.833. The molecule has 12 atom stereocenters. The normalized spacial score (nSPS) is 20.0. The van der Waals surface area contributed by atoms with Crippen molar-refractivity contribution in [3.05, 3.63) is 35.4 Å². The van der Waals surface area contributed by atoms with Crippen molar-refractivity contribution in [1.29, 1.82) is 5.26 Å². The van der Waals surface area contributed by atoms with E-state index in [1.165, 1.54) is 14.2 Å². The molecule has 0 heterocycles. The van der Waals surface area contributed by atoms with E-state index in [0.717, 1.165) is 56.1 Å². The van der Waals surface area contributed by atoms with Crippen LogP contribution in [0.5, 0.6) is 0 Å². The molecule has 1 aliphatic carbocycles. The minimum absolute atomic E-state index is 0.00371. The van der Waals surface area contributed by atoms with E-state index in [-0.39, 0.29) is 103 Å². The van der Waals surface area contributed by atoms with Crippen LogP contribution in [0.1, 0.15) is 240 Å². The molecular formula is C66H115NO8S. The predicted octanol–water partition coefficient (Wildman–Crippen LogP) is 17.3. The van der Waals surface area contributed by atoms with Gasteiger partial charge in [0.05, 0.1) is 49.2 Å². The third-order valence-corrected chi connectivity index (χ3v) is 22.7. The molecule has 0 aliphatic heterocycles. The van der Waals surface area contributed by atoms with E-state index >= 15 is 0 Å². The number of methoxy groups -OCH3 is 2. The molecule has 0 N–H and O–H groups in total. The van der Waals surface area contributed by atoms with Gasteiger partial charge in [-0.05, 0) is 145 Å². The van der Waals surface area contributed by atoms with Crippen LogP contribution in [-0.2, 0) is 38.1 Å². The van der Waals surface area contributed by atoms with E-state index in [0.29, 0.717) is 30.4 Å². The summed E-state index contributed by atoms with van der Waals surface area (Å²) in [7, 11) is 1.41. The van der Waals surface area contributed by atoms with Crippen molar-refractivity contribution in [2.75, 3.05) is 26.7 Å². The first kappa shape index (κ1) is 69.0. The van der Waals surface area contributed by atoms with Crippen LogP contribution in [0.25, 0.3) is 0 Å². The number of ether oxygens (including phenoxy) is 4. The summed E-state index contributed by atoms with van der Waals surface area (Å²) in [6.07, 6.45) is 11.4. The Morgan fingerprint density at radius 2 is 1.16 bits per heavy atom. The highest BCUT2D eigenvalue weighted by molar-refractivity contribution is 8.34. The molecule has 76 heavy (non-hydrogen) atoms. The van der Waals surface area contributed by atoms with Gasteiger partial charge in [0.2, 0.25) is 0 Å². The first-order chi connectivity index (χ1) is 34.5. The van der Waals surface area contributed by atoms with Crippen molar-refractivity contribution in [1.82, 2.24) is 0 Å². The Morgan fingerprint density at radius 3 is 1.59 bits per heavy atom. The van der Waals surface area contributed by atoms with Gasteiger partial charge in [0.25, 0.3) is 0 Å². The third-order valence-electron chi connectivity index (χ3n) is 18.6. The summed E-state index contributed by atoms with van der Waals surface area (Å²) in [5, 5.41) is 10.0. The highest BCUT2D eigenvalue weighted by atomic mass is 32.3. The van der Waals surface area contributed by atoms with E-state index in [1.54, 1.807) is 0 Å². The molecule has 0 aromatic heterocycles. The first-order valence-electron chi connectivity index (χ1n) is 29.3. The van der Waals surface area contributed by atoms with Gasteiger partial charge in [-0.2, -0.15) is 5.26 Å². The van der Waals surface area contributed by atoms with Gasteiger partial charge in [0.1, 0.15) is 0 Å². The molecule has 0 saturated carbocycles. The largest absolute Gasteiger partial charge is 0.469 e. The van der Waals surface area contributed by atoms with E-state index in [9.17, 15) is 24.4 Å². The molecule has 1 aromatic carbocycles. The maximum atomic E-state index is 14.6. The summed E-state index contributed by atoms with van der Waals surface area (Å²) in [6.45, 7) is 48.5. The average Bonchev–Trinajstić information content (AvgIpc) is 3.30. The molecule has 438 valence electrons. The van der Waals surface area contributed by atoms with Crippen LogP contribution >= 0.6 is 10.0 Å². The lowest BCUT2D eigenvalue weighted by Crippen LogP contribution is -2.41. The molecular weight excluding hydrogens is 967 g/mol. The molecule has 10 heteroatoms. The average molecular weight is 1080 g/mol. The Bertz CT molecular complexity index is 2080. The zero-order chi connectivity index (χ0) is 58.9. The number of nitriles is 1. The van der Waals surface area contributed by atoms with Crippen molar-refractivity contribution in [2.24, 2.45) is 85.8 Å². The second-order valence-corrected chi connectivity index (χ2v) is 34.8. The second kappa shape index (κ2) is 27.4. The molecule has 1 aromatic rings. The van der Waals surface area contributed by atoms with Crippen LogP contribution in [0.15, 0.2) is 24.3 Å². The van der Waals surface area contributed by atoms with Gasteiger partial charge in [0, 0.05) is 11.1 Å². The van der Waals surface area contributed by atoms with Crippen LogP contribution in [0, 0.1) is 97.1 Å². The summed E-state index contributed by atoms with van der Waals surface area (Å²) >= 11 is 0. The lowest BCUT2D eigenvalue weighted by molar-refractivity contribution is -0.177. The van der Waals surface area contributed by atoms with Crippen molar-refractivity contribution in [3.8, 4) is 6.07 Å². The van der Waals surface area contributed by atoms with Crippen LogP contribution < -0.4 is 0 Å².